The van der Waals surface area contributed by atoms with Gasteiger partial charge in [0.25, 0.3) is 5.91 Å². The third-order valence-electron chi connectivity index (χ3n) is 4.12. The third kappa shape index (κ3) is 2.67. The molecule has 2 N–H and O–H groups in total. The molecule has 4 rings (SSSR count). The lowest BCUT2D eigenvalue weighted by Crippen LogP contribution is -2.14. The molecule has 132 valence electrons. The van der Waals surface area contributed by atoms with E-state index in [1.165, 1.54) is 17.0 Å². The van der Waals surface area contributed by atoms with Crippen LogP contribution >= 0.6 is 0 Å². The summed E-state index contributed by atoms with van der Waals surface area (Å²) in [6.07, 6.45) is -2.93. The van der Waals surface area contributed by atoms with E-state index in [0.717, 1.165) is 17.6 Å². The molecule has 4 aromatic rings. The second kappa shape index (κ2) is 5.58. The Hall–Kier alpha value is -3.36. The van der Waals surface area contributed by atoms with Gasteiger partial charge in [-0.1, -0.05) is 0 Å². The summed E-state index contributed by atoms with van der Waals surface area (Å²) in [6.45, 7) is 0. The number of anilines is 1. The zero-order chi connectivity index (χ0) is 18.5. The minimum atomic E-state index is -4.45. The highest BCUT2D eigenvalue weighted by atomic mass is 19.4. The van der Waals surface area contributed by atoms with Crippen LogP contribution in [0, 0.1) is 0 Å². The third-order valence-corrected chi connectivity index (χ3v) is 4.12. The molecule has 1 amide bonds. The van der Waals surface area contributed by atoms with E-state index in [4.69, 9.17) is 0 Å². The van der Waals surface area contributed by atoms with Gasteiger partial charge in [0.05, 0.1) is 34.0 Å². The maximum atomic E-state index is 12.8. The lowest BCUT2D eigenvalue weighted by Gasteiger charge is -2.06. The second-order valence-electron chi connectivity index (χ2n) is 5.78. The maximum absolute atomic E-state index is 12.8. The topological polar surface area (TPSA) is 75.6 Å². The van der Waals surface area contributed by atoms with E-state index in [9.17, 15) is 18.0 Å². The van der Waals surface area contributed by atoms with Crippen molar-refractivity contribution in [1.29, 1.82) is 0 Å². The highest BCUT2D eigenvalue weighted by molar-refractivity contribution is 6.05. The fourth-order valence-corrected chi connectivity index (χ4v) is 2.73. The van der Waals surface area contributed by atoms with Gasteiger partial charge < -0.3 is 9.55 Å². The summed E-state index contributed by atoms with van der Waals surface area (Å²) < 4.78 is 40.1. The van der Waals surface area contributed by atoms with E-state index in [1.54, 1.807) is 25.2 Å². The van der Waals surface area contributed by atoms with E-state index in [0.29, 0.717) is 16.6 Å². The average molecular weight is 359 g/mol. The van der Waals surface area contributed by atoms with E-state index in [1.807, 2.05) is 0 Å². The summed E-state index contributed by atoms with van der Waals surface area (Å²) >= 11 is 0. The monoisotopic (exact) mass is 359 g/mol. The van der Waals surface area contributed by atoms with Gasteiger partial charge in [-0.15, -0.1) is 0 Å². The summed E-state index contributed by atoms with van der Waals surface area (Å²) in [5.41, 5.74) is 1.65. The molecule has 0 saturated heterocycles. The number of aryl methyl sites for hydroxylation is 1. The number of carbonyl (C=O) groups excluding carboxylic acids is 1. The lowest BCUT2D eigenvalue weighted by molar-refractivity contribution is -0.137. The summed E-state index contributed by atoms with van der Waals surface area (Å²) in [4.78, 5) is 23.6. The standard InChI is InChI=1S/C17H12F3N5O/c1-25-14-5-3-10(17(18,19)20)7-13(14)23-16(25)24-15(26)9-2-4-11-12(6-9)22-8-21-11/h2-8H,1H3,(H,21,22)(H,23,24,26). The van der Waals surface area contributed by atoms with Crippen LogP contribution in [-0.4, -0.2) is 25.4 Å². The molecular weight excluding hydrogens is 347 g/mol. The van der Waals surface area contributed by atoms with Crippen molar-refractivity contribution in [2.45, 2.75) is 6.18 Å². The van der Waals surface area contributed by atoms with Crippen LogP contribution < -0.4 is 5.32 Å². The van der Waals surface area contributed by atoms with E-state index in [2.05, 4.69) is 20.3 Å². The van der Waals surface area contributed by atoms with Gasteiger partial charge in [0.15, 0.2) is 0 Å². The quantitative estimate of drug-likeness (QED) is 0.573. The number of aromatic amines is 1. The van der Waals surface area contributed by atoms with Crippen molar-refractivity contribution in [3.05, 3.63) is 53.9 Å². The SMILES string of the molecule is Cn1c(NC(=O)c2ccc3[nH]cnc3c2)nc2cc(C(F)(F)F)ccc21. The fraction of sp³-hybridized carbons (Fsp3) is 0.118. The molecule has 0 atom stereocenters. The first-order chi connectivity index (χ1) is 12.3. The summed E-state index contributed by atoms with van der Waals surface area (Å²) in [7, 11) is 1.62. The fourth-order valence-electron chi connectivity index (χ4n) is 2.73. The number of nitrogens with one attached hydrogen (secondary N) is 2. The van der Waals surface area contributed by atoms with Crippen LogP contribution in [0.4, 0.5) is 19.1 Å². The van der Waals surface area contributed by atoms with Gasteiger partial charge in [-0.2, -0.15) is 13.2 Å². The molecule has 0 saturated carbocycles. The van der Waals surface area contributed by atoms with Gasteiger partial charge in [-0.25, -0.2) is 9.97 Å². The number of amides is 1. The smallest absolute Gasteiger partial charge is 0.345 e. The molecular formula is C17H12F3N5O. The van der Waals surface area contributed by atoms with Crippen molar-refractivity contribution >= 4 is 33.9 Å². The number of H-pyrrole nitrogens is 1. The normalized spacial score (nSPS) is 12.0. The van der Waals surface area contributed by atoms with E-state index >= 15 is 0 Å². The molecule has 2 aromatic heterocycles. The Morgan fingerprint density at radius 2 is 1.96 bits per heavy atom. The number of imidazole rings is 2. The number of hydrogen-bond acceptors (Lipinski definition) is 3. The molecule has 2 heterocycles. The van der Waals surface area contributed by atoms with Gasteiger partial charge in [0.1, 0.15) is 0 Å². The molecule has 0 unspecified atom stereocenters. The number of halogens is 3. The number of rotatable bonds is 2. The first-order valence-corrected chi connectivity index (χ1v) is 7.61. The molecule has 0 bridgehead atoms. The Bertz CT molecular complexity index is 1140. The lowest BCUT2D eigenvalue weighted by atomic mass is 10.2. The van der Waals surface area contributed by atoms with Crippen LogP contribution in [0.15, 0.2) is 42.7 Å². The number of nitrogens with zero attached hydrogens (tertiary/aromatic N) is 3. The van der Waals surface area contributed by atoms with Gasteiger partial charge in [0, 0.05) is 12.6 Å². The largest absolute Gasteiger partial charge is 0.416 e. The number of fused-ring (bicyclic) bond motifs is 2. The Kier molecular flexibility index (Phi) is 3.46. The van der Waals surface area contributed by atoms with Crippen LogP contribution in [0.3, 0.4) is 0 Å². The Morgan fingerprint density at radius 1 is 1.15 bits per heavy atom. The van der Waals surface area contributed by atoms with Crippen LogP contribution in [0.1, 0.15) is 15.9 Å². The van der Waals surface area contributed by atoms with E-state index in [-0.39, 0.29) is 11.5 Å². The zero-order valence-electron chi connectivity index (χ0n) is 13.4. The van der Waals surface area contributed by atoms with Crippen molar-refractivity contribution in [3.8, 4) is 0 Å². The minimum absolute atomic E-state index is 0.153. The van der Waals surface area contributed by atoms with Crippen molar-refractivity contribution in [3.63, 3.8) is 0 Å². The van der Waals surface area contributed by atoms with Crippen molar-refractivity contribution in [2.75, 3.05) is 5.32 Å². The number of alkyl halides is 3. The number of carbonyl (C=O) groups is 1. The van der Waals surface area contributed by atoms with Crippen molar-refractivity contribution < 1.29 is 18.0 Å². The molecule has 2 aromatic carbocycles. The Balaban J connectivity index is 1.67. The first kappa shape index (κ1) is 16.1. The molecule has 0 aliphatic heterocycles. The number of hydrogen-bond donors (Lipinski definition) is 2. The molecule has 0 fully saturated rings. The van der Waals surface area contributed by atoms with Gasteiger partial charge in [-0.05, 0) is 36.4 Å². The molecule has 6 nitrogen and oxygen atoms in total. The van der Waals surface area contributed by atoms with Crippen molar-refractivity contribution in [2.24, 2.45) is 7.05 Å². The molecule has 0 aliphatic rings. The second-order valence-corrected chi connectivity index (χ2v) is 5.78. The molecule has 0 radical (unpaired) electrons. The predicted molar refractivity (Wildman–Crippen MR) is 89.8 cm³/mol. The van der Waals surface area contributed by atoms with Crippen LogP contribution in [0.2, 0.25) is 0 Å². The highest BCUT2D eigenvalue weighted by Gasteiger charge is 2.31. The van der Waals surface area contributed by atoms with Gasteiger partial charge in [0.2, 0.25) is 5.95 Å². The molecule has 0 spiro atoms. The van der Waals surface area contributed by atoms with Crippen LogP contribution in [0.5, 0.6) is 0 Å². The molecule has 0 aliphatic carbocycles. The Morgan fingerprint density at radius 3 is 2.73 bits per heavy atom. The molecule has 26 heavy (non-hydrogen) atoms. The predicted octanol–water partition coefficient (Wildman–Crippen LogP) is 3.72. The maximum Gasteiger partial charge on any atom is 0.416 e. The van der Waals surface area contributed by atoms with Crippen molar-refractivity contribution in [1.82, 2.24) is 19.5 Å². The zero-order valence-corrected chi connectivity index (χ0v) is 13.4. The summed E-state index contributed by atoms with van der Waals surface area (Å²) in [5, 5.41) is 2.62. The summed E-state index contributed by atoms with van der Waals surface area (Å²) in [5.74, 6) is -0.268. The number of benzene rings is 2. The molecule has 9 heteroatoms. The number of aromatic nitrogens is 4. The Labute approximate surface area is 144 Å². The van der Waals surface area contributed by atoms with Crippen LogP contribution in [-0.2, 0) is 13.2 Å². The van der Waals surface area contributed by atoms with Gasteiger partial charge in [-0.3, -0.25) is 10.1 Å². The van der Waals surface area contributed by atoms with E-state index < -0.39 is 17.6 Å². The summed E-state index contributed by atoms with van der Waals surface area (Å²) in [6, 6.07) is 8.24. The minimum Gasteiger partial charge on any atom is -0.345 e. The highest BCUT2D eigenvalue weighted by Crippen LogP contribution is 2.31. The average Bonchev–Trinajstić information content (AvgIpc) is 3.18. The van der Waals surface area contributed by atoms with Gasteiger partial charge >= 0.3 is 6.18 Å². The van der Waals surface area contributed by atoms with Crippen LogP contribution in [0.25, 0.3) is 22.1 Å². The first-order valence-electron chi connectivity index (χ1n) is 7.61.